The Hall–Kier alpha value is -11.1. The summed E-state index contributed by atoms with van der Waals surface area (Å²) in [7, 11) is 0. The first-order chi connectivity index (χ1) is 44.9. The fraction of sp³-hybridized carbons (Fsp3) is 0.0930. The SMILES string of the molecule is Cc1ccc2c(c1)c1cc(C)cc(N3c4cc(-c5ccccc5)ccc4B4c5ccc(-n6c7ccccc7c7ccc(-c8ccccc8)cc76)cc5N(c5cc(C)cc6c7cc(C)ccc7n(-c7ccccc7)c56)c5cc(C(C)(C)C)cc3c54)c1n2-c1ccccc1. The number of hydrogen-bond acceptors (Lipinski definition) is 2. The number of benzene rings is 13. The van der Waals surface area contributed by atoms with Crippen LogP contribution in [0.1, 0.15) is 48.6 Å². The molecule has 92 heavy (non-hydrogen) atoms. The van der Waals surface area contributed by atoms with E-state index in [1.165, 1.54) is 149 Å². The zero-order valence-electron chi connectivity index (χ0n) is 52.8. The first-order valence-corrected chi connectivity index (χ1v) is 32.3. The number of aromatic nitrogens is 3. The van der Waals surface area contributed by atoms with Gasteiger partial charge in [0.15, 0.2) is 0 Å². The molecule has 16 aromatic rings. The highest BCUT2D eigenvalue weighted by molar-refractivity contribution is 7.00. The second-order valence-electron chi connectivity index (χ2n) is 26.9. The van der Waals surface area contributed by atoms with Crippen molar-refractivity contribution in [2.24, 2.45) is 0 Å². The van der Waals surface area contributed by atoms with Crippen LogP contribution >= 0.6 is 0 Å². The van der Waals surface area contributed by atoms with E-state index in [4.69, 9.17) is 0 Å². The van der Waals surface area contributed by atoms with Crippen LogP contribution < -0.4 is 26.2 Å². The molecular weight excluding hydrogens is 1110 g/mol. The lowest BCUT2D eigenvalue weighted by Crippen LogP contribution is -2.61. The zero-order valence-corrected chi connectivity index (χ0v) is 52.8. The number of rotatable bonds is 7. The van der Waals surface area contributed by atoms with Gasteiger partial charge in [0.2, 0.25) is 0 Å². The lowest BCUT2D eigenvalue weighted by molar-refractivity contribution is 0.590. The molecule has 6 heteroatoms. The van der Waals surface area contributed by atoms with E-state index < -0.39 is 0 Å². The molecule has 2 aliphatic rings. The van der Waals surface area contributed by atoms with Crippen LogP contribution in [0.5, 0.6) is 0 Å². The minimum absolute atomic E-state index is 0.168. The maximum absolute atomic E-state index is 2.70. The van der Waals surface area contributed by atoms with Gasteiger partial charge in [-0.05, 0) is 204 Å². The highest BCUT2D eigenvalue weighted by atomic mass is 15.2. The lowest BCUT2D eigenvalue weighted by atomic mass is 9.33. The fourth-order valence-corrected chi connectivity index (χ4v) is 15.7. The Morgan fingerprint density at radius 1 is 0.272 bits per heavy atom. The summed E-state index contributed by atoms with van der Waals surface area (Å²) in [5.74, 6) is 0. The third kappa shape index (κ3) is 8.12. The third-order valence-corrected chi connectivity index (χ3v) is 19.9. The quantitative estimate of drug-likeness (QED) is 0.148. The summed E-state index contributed by atoms with van der Waals surface area (Å²) in [6, 6.07) is 103. The van der Waals surface area contributed by atoms with Crippen LogP contribution in [0, 0.1) is 27.7 Å². The van der Waals surface area contributed by atoms with Gasteiger partial charge < -0.3 is 23.5 Å². The molecule has 0 atom stereocenters. The third-order valence-electron chi connectivity index (χ3n) is 19.9. The van der Waals surface area contributed by atoms with Gasteiger partial charge in [-0.2, -0.15) is 0 Å². The maximum Gasteiger partial charge on any atom is 0.252 e. The van der Waals surface area contributed by atoms with E-state index in [1.54, 1.807) is 0 Å². The van der Waals surface area contributed by atoms with E-state index in [0.717, 1.165) is 34.1 Å². The van der Waals surface area contributed by atoms with Gasteiger partial charge in [0.05, 0.1) is 44.5 Å². The van der Waals surface area contributed by atoms with E-state index in [0.29, 0.717) is 0 Å². The van der Waals surface area contributed by atoms with Crippen molar-refractivity contribution < 1.29 is 0 Å². The van der Waals surface area contributed by atoms with Crippen molar-refractivity contribution in [2.45, 2.75) is 53.9 Å². The van der Waals surface area contributed by atoms with Crippen molar-refractivity contribution in [3.05, 3.63) is 301 Å². The number of anilines is 6. The number of para-hydroxylation sites is 3. The lowest BCUT2D eigenvalue weighted by Gasteiger charge is -2.45. The summed E-state index contributed by atoms with van der Waals surface area (Å²) < 4.78 is 7.59. The van der Waals surface area contributed by atoms with Crippen LogP contribution in [0.15, 0.2) is 273 Å². The summed E-state index contributed by atoms with van der Waals surface area (Å²) in [5, 5.41) is 7.40. The first kappa shape index (κ1) is 53.9. The predicted octanol–water partition coefficient (Wildman–Crippen LogP) is 20.9. The predicted molar refractivity (Wildman–Crippen MR) is 392 cm³/mol. The molecule has 0 saturated heterocycles. The normalized spacial score (nSPS) is 12.9. The van der Waals surface area contributed by atoms with E-state index in [1.807, 2.05) is 0 Å². The van der Waals surface area contributed by atoms with Crippen LogP contribution in [-0.2, 0) is 5.41 Å². The van der Waals surface area contributed by atoms with Crippen LogP contribution in [0.4, 0.5) is 34.1 Å². The fourth-order valence-electron chi connectivity index (χ4n) is 15.7. The molecule has 0 fully saturated rings. The smallest absolute Gasteiger partial charge is 0.252 e. The molecule has 0 unspecified atom stereocenters. The van der Waals surface area contributed by atoms with Crippen LogP contribution in [-0.4, -0.2) is 20.4 Å². The largest absolute Gasteiger partial charge is 0.309 e. The Morgan fingerprint density at radius 2 is 0.717 bits per heavy atom. The average molecular weight is 1180 g/mol. The Labute approximate surface area is 537 Å². The maximum atomic E-state index is 2.70. The topological polar surface area (TPSA) is 21.3 Å². The first-order valence-electron chi connectivity index (χ1n) is 32.3. The molecule has 3 aromatic heterocycles. The highest BCUT2D eigenvalue weighted by Crippen LogP contribution is 2.52. The zero-order chi connectivity index (χ0) is 61.8. The van der Waals surface area contributed by atoms with Gasteiger partial charge in [-0.15, -0.1) is 0 Å². The van der Waals surface area contributed by atoms with Crippen molar-refractivity contribution in [1.82, 2.24) is 13.7 Å². The van der Waals surface area contributed by atoms with Crippen molar-refractivity contribution >= 4 is 123 Å². The number of nitrogens with zero attached hydrogens (tertiary/aromatic N) is 5. The van der Waals surface area contributed by atoms with E-state index in [9.17, 15) is 0 Å². The van der Waals surface area contributed by atoms with E-state index in [-0.39, 0.29) is 12.1 Å². The van der Waals surface area contributed by atoms with Crippen LogP contribution in [0.2, 0.25) is 0 Å². The van der Waals surface area contributed by atoms with Gasteiger partial charge in [0.25, 0.3) is 6.71 Å². The summed E-state index contributed by atoms with van der Waals surface area (Å²) in [5.41, 5.74) is 31.7. The molecule has 13 aromatic carbocycles. The van der Waals surface area contributed by atoms with Crippen molar-refractivity contribution in [3.63, 3.8) is 0 Å². The Kier molecular flexibility index (Phi) is 11.8. The second-order valence-corrected chi connectivity index (χ2v) is 26.9. The standard InChI is InChI=1S/C86H66BN5/c1-53-32-40-74-67(42-53)69-44-55(3)46-81(84(69)89(74)62-26-16-10-17-27-62)91-77-49-60(58-24-14-9-15-25-58)35-38-71(77)87-72-39-36-64(88-73-31-21-20-30-65(73)66-37-34-59(48-76(66)88)57-22-12-8-13-23-57)52-78(72)92(80-51-61(86(5,6)7)50-79(91)83(80)87)82-47-56(4)45-70-68-43-54(2)33-41-75(68)90(85(70)82)63-28-18-11-19-29-63/h8-52H,1-7H3. The molecule has 438 valence electrons. The summed E-state index contributed by atoms with van der Waals surface area (Å²) in [4.78, 5) is 5.38. The monoisotopic (exact) mass is 1180 g/mol. The molecular formula is C86H66BN5. The van der Waals surface area contributed by atoms with Gasteiger partial charge in [0, 0.05) is 72.1 Å². The molecule has 18 rings (SSSR count). The van der Waals surface area contributed by atoms with Crippen LogP contribution in [0.25, 0.3) is 105 Å². The van der Waals surface area contributed by atoms with Crippen molar-refractivity contribution in [2.75, 3.05) is 9.80 Å². The molecule has 0 radical (unpaired) electrons. The molecule has 5 heterocycles. The van der Waals surface area contributed by atoms with Gasteiger partial charge in [-0.1, -0.05) is 190 Å². The van der Waals surface area contributed by atoms with Gasteiger partial charge in [-0.3, -0.25) is 0 Å². The minimum Gasteiger partial charge on any atom is -0.309 e. The Morgan fingerprint density at radius 3 is 1.26 bits per heavy atom. The summed E-state index contributed by atoms with van der Waals surface area (Å²) in [6.07, 6.45) is 0. The van der Waals surface area contributed by atoms with Gasteiger partial charge >= 0.3 is 0 Å². The summed E-state index contributed by atoms with van der Waals surface area (Å²) in [6.45, 7) is 16.0. The number of fused-ring (bicyclic) bond motifs is 13. The molecule has 0 saturated carbocycles. The number of aryl methyl sites for hydroxylation is 4. The average Bonchev–Trinajstić information content (AvgIpc) is 0.939. The highest BCUT2D eigenvalue weighted by Gasteiger charge is 2.46. The molecule has 0 bridgehead atoms. The van der Waals surface area contributed by atoms with Gasteiger partial charge in [0.1, 0.15) is 0 Å². The number of hydrogen-bond donors (Lipinski definition) is 0. The molecule has 2 aliphatic heterocycles. The minimum atomic E-state index is -0.275. The van der Waals surface area contributed by atoms with Crippen LogP contribution in [0.3, 0.4) is 0 Å². The summed E-state index contributed by atoms with van der Waals surface area (Å²) >= 11 is 0. The van der Waals surface area contributed by atoms with Crippen molar-refractivity contribution in [1.29, 1.82) is 0 Å². The molecule has 0 aliphatic carbocycles. The molecule has 0 N–H and O–H groups in total. The molecule has 0 spiro atoms. The molecule has 5 nitrogen and oxygen atoms in total. The second kappa shape index (κ2) is 20.2. The van der Waals surface area contributed by atoms with E-state index in [2.05, 4.69) is 345 Å². The van der Waals surface area contributed by atoms with Crippen molar-refractivity contribution in [3.8, 4) is 39.3 Å². The van der Waals surface area contributed by atoms with Gasteiger partial charge in [-0.25, -0.2) is 0 Å². The van der Waals surface area contributed by atoms with E-state index >= 15 is 0 Å². The Bertz CT molecular complexity index is 5730. The Balaban J connectivity index is 1.01. The molecule has 0 amide bonds.